The monoisotopic (exact) mass is 211 g/mol. The molecule has 0 aliphatic rings. The molecule has 0 bridgehead atoms. The fourth-order valence-electron chi connectivity index (χ4n) is 1.24. The summed E-state index contributed by atoms with van der Waals surface area (Å²) < 4.78 is 17.0. The molecule has 0 aliphatic carbocycles. The first-order valence-electron chi connectivity index (χ1n) is 4.87. The van der Waals surface area contributed by atoms with E-state index in [-0.39, 0.29) is 6.10 Å². The second-order valence-corrected chi connectivity index (χ2v) is 4.60. The van der Waals surface area contributed by atoms with Crippen molar-refractivity contribution in [3.05, 3.63) is 29.8 Å². The van der Waals surface area contributed by atoms with Gasteiger partial charge >= 0.3 is 8.03 Å². The van der Waals surface area contributed by atoms with Gasteiger partial charge in [0.2, 0.25) is 5.30 Å². The third kappa shape index (κ3) is 2.90. The topological polar surface area (TPSA) is 26.3 Å². The van der Waals surface area contributed by atoms with E-state index in [0.717, 1.165) is 17.3 Å². The van der Waals surface area contributed by atoms with Crippen molar-refractivity contribution < 1.29 is 9.09 Å². The summed E-state index contributed by atoms with van der Waals surface area (Å²) in [5.41, 5.74) is 1.11. The molecule has 0 aliphatic heterocycles. The highest BCUT2D eigenvalue weighted by Crippen LogP contribution is 2.25. The lowest BCUT2D eigenvalue weighted by atomic mass is 10.2. The van der Waals surface area contributed by atoms with Gasteiger partial charge in [0.1, 0.15) is 6.10 Å². The third-order valence-electron chi connectivity index (χ3n) is 1.88. The van der Waals surface area contributed by atoms with Crippen LogP contribution in [0.15, 0.2) is 24.3 Å². The molecule has 0 fully saturated rings. The lowest BCUT2D eigenvalue weighted by Crippen LogP contribution is -2.08. The third-order valence-corrected chi connectivity index (χ3v) is 3.32. The quantitative estimate of drug-likeness (QED) is 0.715. The molecule has 0 spiro atoms. The van der Waals surface area contributed by atoms with Crippen LogP contribution >= 0.6 is 8.03 Å². The zero-order valence-corrected chi connectivity index (χ0v) is 9.75. The van der Waals surface area contributed by atoms with Gasteiger partial charge in [-0.05, 0) is 30.9 Å². The summed E-state index contributed by atoms with van der Waals surface area (Å²) >= 11 is 0. The minimum absolute atomic E-state index is 0.00326. The van der Waals surface area contributed by atoms with Crippen LogP contribution in [-0.2, 0) is 15.5 Å². The predicted octanol–water partition coefficient (Wildman–Crippen LogP) is 3.04. The standard InChI is InChI=1S/C11H16O2P/c1-4-10-7-5-6-8-11(10)14(12)13-9(2)3/h5-9H,4H2,1-3H3/q+1. The summed E-state index contributed by atoms with van der Waals surface area (Å²) in [7, 11) is -1.69. The van der Waals surface area contributed by atoms with E-state index in [1.165, 1.54) is 0 Å². The van der Waals surface area contributed by atoms with Gasteiger partial charge in [-0.25, -0.2) is 0 Å². The summed E-state index contributed by atoms with van der Waals surface area (Å²) in [4.78, 5) is 0. The van der Waals surface area contributed by atoms with Crippen LogP contribution in [-0.4, -0.2) is 6.10 Å². The Morgan fingerprint density at radius 2 is 2.00 bits per heavy atom. The van der Waals surface area contributed by atoms with Crippen LogP contribution in [0.25, 0.3) is 0 Å². The molecule has 1 atom stereocenters. The molecule has 0 saturated carbocycles. The number of rotatable bonds is 4. The van der Waals surface area contributed by atoms with E-state index >= 15 is 0 Å². The lowest BCUT2D eigenvalue weighted by Gasteiger charge is -1.98. The molecule has 1 rings (SSSR count). The van der Waals surface area contributed by atoms with Crippen LogP contribution in [0, 0.1) is 0 Å². The van der Waals surface area contributed by atoms with Crippen molar-refractivity contribution in [1.29, 1.82) is 0 Å². The highest BCUT2D eigenvalue weighted by molar-refractivity contribution is 7.48. The van der Waals surface area contributed by atoms with Crippen molar-refractivity contribution in [2.75, 3.05) is 0 Å². The Balaban J connectivity index is 2.88. The molecule has 14 heavy (non-hydrogen) atoms. The first-order valence-corrected chi connectivity index (χ1v) is 6.04. The maximum atomic E-state index is 11.8. The van der Waals surface area contributed by atoms with Crippen LogP contribution in [0.2, 0.25) is 0 Å². The second kappa shape index (κ2) is 5.23. The molecule has 76 valence electrons. The first kappa shape index (κ1) is 11.4. The predicted molar refractivity (Wildman–Crippen MR) is 59.3 cm³/mol. The van der Waals surface area contributed by atoms with Crippen molar-refractivity contribution in [3.63, 3.8) is 0 Å². The molecular weight excluding hydrogens is 195 g/mol. The first-order chi connectivity index (χ1) is 6.65. The van der Waals surface area contributed by atoms with Gasteiger partial charge in [0, 0.05) is 5.56 Å². The molecule has 3 heteroatoms. The van der Waals surface area contributed by atoms with Crippen molar-refractivity contribution in [3.8, 4) is 0 Å². The summed E-state index contributed by atoms with van der Waals surface area (Å²) in [5, 5.41) is 0.832. The molecule has 0 N–H and O–H groups in total. The summed E-state index contributed by atoms with van der Waals surface area (Å²) in [5.74, 6) is 0. The Hall–Kier alpha value is -0.720. The van der Waals surface area contributed by atoms with Gasteiger partial charge in [0.15, 0.2) is 0 Å². The second-order valence-electron chi connectivity index (χ2n) is 3.39. The number of aryl methyl sites for hydroxylation is 1. The van der Waals surface area contributed by atoms with E-state index in [9.17, 15) is 4.57 Å². The van der Waals surface area contributed by atoms with E-state index in [1.54, 1.807) is 0 Å². The van der Waals surface area contributed by atoms with Crippen molar-refractivity contribution >= 4 is 13.3 Å². The van der Waals surface area contributed by atoms with Gasteiger partial charge in [0.05, 0.1) is 0 Å². The van der Waals surface area contributed by atoms with Crippen molar-refractivity contribution in [2.45, 2.75) is 33.3 Å². The Labute approximate surface area is 86.2 Å². The van der Waals surface area contributed by atoms with Crippen LogP contribution < -0.4 is 5.30 Å². The van der Waals surface area contributed by atoms with Gasteiger partial charge in [-0.1, -0.05) is 25.1 Å². The largest absolute Gasteiger partial charge is 0.549 e. The fourth-order valence-corrected chi connectivity index (χ4v) is 2.41. The molecule has 0 amide bonds. The fraction of sp³-hybridized carbons (Fsp3) is 0.455. The Morgan fingerprint density at radius 3 is 2.57 bits per heavy atom. The zero-order chi connectivity index (χ0) is 10.6. The normalized spacial score (nSPS) is 11.9. The van der Waals surface area contributed by atoms with Crippen molar-refractivity contribution in [2.24, 2.45) is 0 Å². The molecule has 0 radical (unpaired) electrons. The van der Waals surface area contributed by atoms with E-state index in [1.807, 2.05) is 38.1 Å². The summed E-state index contributed by atoms with van der Waals surface area (Å²) in [6.07, 6.45) is 0.891. The average Bonchev–Trinajstić information content (AvgIpc) is 2.16. The maximum absolute atomic E-state index is 11.8. The smallest absolute Gasteiger partial charge is 0.139 e. The van der Waals surface area contributed by atoms with E-state index < -0.39 is 8.03 Å². The van der Waals surface area contributed by atoms with Crippen LogP contribution in [0.4, 0.5) is 0 Å². The highest BCUT2D eigenvalue weighted by atomic mass is 31.1. The maximum Gasteiger partial charge on any atom is 0.549 e. The minimum atomic E-state index is -1.69. The summed E-state index contributed by atoms with van der Waals surface area (Å²) in [6.45, 7) is 5.83. The van der Waals surface area contributed by atoms with Gasteiger partial charge in [-0.2, -0.15) is 0 Å². The van der Waals surface area contributed by atoms with Gasteiger partial charge in [-0.15, -0.1) is 4.52 Å². The number of benzene rings is 1. The SMILES string of the molecule is CCc1ccccc1[P+](=O)OC(C)C. The Morgan fingerprint density at radius 1 is 1.36 bits per heavy atom. The molecule has 0 heterocycles. The Bertz CT molecular complexity index is 321. The van der Waals surface area contributed by atoms with Gasteiger partial charge in [0.25, 0.3) is 0 Å². The molecule has 1 unspecified atom stereocenters. The van der Waals surface area contributed by atoms with Crippen molar-refractivity contribution in [1.82, 2.24) is 0 Å². The minimum Gasteiger partial charge on any atom is -0.139 e. The zero-order valence-electron chi connectivity index (χ0n) is 8.86. The van der Waals surface area contributed by atoms with Crippen LogP contribution in [0.3, 0.4) is 0 Å². The molecule has 2 nitrogen and oxygen atoms in total. The Kier molecular flexibility index (Phi) is 4.24. The number of hydrogen-bond acceptors (Lipinski definition) is 2. The number of hydrogen-bond donors (Lipinski definition) is 0. The van der Waals surface area contributed by atoms with Crippen LogP contribution in [0.1, 0.15) is 26.3 Å². The summed E-state index contributed by atoms with van der Waals surface area (Å²) in [6, 6.07) is 7.72. The van der Waals surface area contributed by atoms with E-state index in [2.05, 4.69) is 6.92 Å². The lowest BCUT2D eigenvalue weighted by molar-refractivity contribution is 0.261. The molecule has 1 aromatic rings. The molecule has 0 aromatic heterocycles. The van der Waals surface area contributed by atoms with E-state index in [4.69, 9.17) is 4.52 Å². The van der Waals surface area contributed by atoms with Crippen LogP contribution in [0.5, 0.6) is 0 Å². The van der Waals surface area contributed by atoms with E-state index in [0.29, 0.717) is 0 Å². The molecule has 1 aromatic carbocycles. The molecular formula is C11H16O2P+. The highest BCUT2D eigenvalue weighted by Gasteiger charge is 2.26. The van der Waals surface area contributed by atoms with Gasteiger partial charge < -0.3 is 0 Å². The molecule has 0 saturated heterocycles. The van der Waals surface area contributed by atoms with Gasteiger partial charge in [-0.3, -0.25) is 0 Å². The average molecular weight is 211 g/mol.